The van der Waals surface area contributed by atoms with Crippen LogP contribution in [0.1, 0.15) is 39.0 Å². The summed E-state index contributed by atoms with van der Waals surface area (Å²) >= 11 is 1.28. The summed E-state index contributed by atoms with van der Waals surface area (Å²) in [5, 5.41) is 2.70. The Labute approximate surface area is 229 Å². The Bertz CT molecular complexity index is 1200. The van der Waals surface area contributed by atoms with Crippen molar-refractivity contribution < 1.29 is 18.0 Å². The van der Waals surface area contributed by atoms with Gasteiger partial charge in [0.1, 0.15) is 18.1 Å². The number of hydrogen-bond acceptors (Lipinski definition) is 8. The number of amidine groups is 1. The van der Waals surface area contributed by atoms with E-state index >= 15 is 0 Å². The molecule has 2 aromatic rings. The highest BCUT2D eigenvalue weighted by atomic mass is 32.2. The van der Waals surface area contributed by atoms with E-state index in [0.29, 0.717) is 22.7 Å². The monoisotopic (exact) mass is 562 g/mol. The van der Waals surface area contributed by atoms with Gasteiger partial charge in [0.2, 0.25) is 5.91 Å². The Kier molecular flexibility index (Phi) is 9.33. The van der Waals surface area contributed by atoms with Gasteiger partial charge in [-0.1, -0.05) is 0 Å². The van der Waals surface area contributed by atoms with Gasteiger partial charge >= 0.3 is 6.18 Å². The minimum absolute atomic E-state index is 0.224. The highest BCUT2D eigenvalue weighted by Gasteiger charge is 2.31. The summed E-state index contributed by atoms with van der Waals surface area (Å²) in [6.45, 7) is 5.81. The smallest absolute Gasteiger partial charge is 0.397 e. The number of hydrogen-bond donors (Lipinski definition) is 3. The van der Waals surface area contributed by atoms with Gasteiger partial charge in [-0.2, -0.15) is 13.2 Å². The Balaban J connectivity index is 1.50. The minimum Gasteiger partial charge on any atom is -0.402 e. The molecule has 0 unspecified atom stereocenters. The summed E-state index contributed by atoms with van der Waals surface area (Å²) in [4.78, 5) is 30.9. The van der Waals surface area contributed by atoms with Crippen molar-refractivity contribution in [3.63, 3.8) is 0 Å². The maximum absolute atomic E-state index is 12.4. The molecule has 3 heterocycles. The lowest BCUT2D eigenvalue weighted by atomic mass is 10.0. The number of allylic oxidation sites excluding steroid dienone is 1. The van der Waals surface area contributed by atoms with Crippen LogP contribution in [0.3, 0.4) is 0 Å². The second-order valence-electron chi connectivity index (χ2n) is 9.72. The molecule has 4 rings (SSSR count). The van der Waals surface area contributed by atoms with E-state index in [1.54, 1.807) is 25.1 Å². The molecule has 2 aliphatic heterocycles. The lowest BCUT2D eigenvalue weighted by Gasteiger charge is -2.37. The van der Waals surface area contributed by atoms with Crippen LogP contribution >= 0.6 is 11.8 Å². The normalized spacial score (nSPS) is 18.0. The number of anilines is 2. The number of amides is 1. The van der Waals surface area contributed by atoms with E-state index in [-0.39, 0.29) is 11.5 Å². The molecule has 210 valence electrons. The van der Waals surface area contributed by atoms with Crippen LogP contribution in [0.4, 0.5) is 30.5 Å². The zero-order valence-corrected chi connectivity index (χ0v) is 22.6. The second-order valence-corrected chi connectivity index (χ2v) is 10.8. The van der Waals surface area contributed by atoms with Gasteiger partial charge in [0, 0.05) is 41.5 Å². The molecule has 0 bridgehead atoms. The first-order valence-corrected chi connectivity index (χ1v) is 13.7. The Morgan fingerprint density at radius 2 is 1.79 bits per heavy atom. The van der Waals surface area contributed by atoms with Crippen LogP contribution in [0.5, 0.6) is 0 Å². The SMILES string of the molecule is C/C(N)=C/C(N)=N/c1cc(N2CCC(N3CCCC3)CC2)nc(Sc2ccc(NC(=O)CC(F)(F)F)cc2)n1. The molecule has 0 spiro atoms. The van der Waals surface area contributed by atoms with Gasteiger partial charge in [-0.25, -0.2) is 15.0 Å². The van der Waals surface area contributed by atoms with E-state index in [4.69, 9.17) is 16.5 Å². The van der Waals surface area contributed by atoms with Gasteiger partial charge < -0.3 is 26.6 Å². The second kappa shape index (κ2) is 12.7. The molecule has 2 fully saturated rings. The molecule has 5 N–H and O–H groups in total. The lowest BCUT2D eigenvalue weighted by Crippen LogP contribution is -2.44. The standard InChI is InChI=1S/C26H33F3N8OS/c1-17(30)14-21(31)33-22-15-23(37-12-8-19(9-13-37)36-10-2-3-11-36)35-25(34-22)39-20-6-4-18(5-7-20)32-24(38)16-26(27,28)29/h4-7,14-15,19H,2-3,8-13,16,30H2,1H3,(H,32,38)(H2,31,33,34,35)/b17-14-. The van der Waals surface area contributed by atoms with Crippen molar-refractivity contribution >= 4 is 40.8 Å². The van der Waals surface area contributed by atoms with Crippen molar-refractivity contribution in [1.82, 2.24) is 14.9 Å². The van der Waals surface area contributed by atoms with Gasteiger partial charge in [0.05, 0.1) is 0 Å². The van der Waals surface area contributed by atoms with Crippen molar-refractivity contribution in [2.24, 2.45) is 16.5 Å². The predicted octanol–water partition coefficient (Wildman–Crippen LogP) is 4.43. The maximum Gasteiger partial charge on any atom is 0.397 e. The number of aliphatic imine (C=N–C) groups is 1. The number of nitrogens with zero attached hydrogens (tertiary/aromatic N) is 5. The molecular formula is C26H33F3N8OS. The summed E-state index contributed by atoms with van der Waals surface area (Å²) < 4.78 is 37.3. The average Bonchev–Trinajstić information content (AvgIpc) is 3.39. The number of benzene rings is 1. The van der Waals surface area contributed by atoms with Crippen LogP contribution < -0.4 is 21.7 Å². The van der Waals surface area contributed by atoms with Crippen LogP contribution in [-0.2, 0) is 4.79 Å². The molecule has 2 aliphatic rings. The number of carbonyl (C=O) groups excluding carboxylic acids is 1. The number of nitrogens with two attached hydrogens (primary N) is 2. The molecule has 0 saturated carbocycles. The molecule has 13 heteroatoms. The summed E-state index contributed by atoms with van der Waals surface area (Å²) in [5.74, 6) is 0.259. The van der Waals surface area contributed by atoms with E-state index in [1.165, 1.54) is 49.8 Å². The molecule has 1 aromatic carbocycles. The first kappa shape index (κ1) is 28.7. The number of rotatable bonds is 8. The third-order valence-corrected chi connectivity index (χ3v) is 7.32. The summed E-state index contributed by atoms with van der Waals surface area (Å²) in [5.41, 5.74) is 12.5. The topological polar surface area (TPSA) is 126 Å². The van der Waals surface area contributed by atoms with Crippen LogP contribution in [-0.4, -0.2) is 65.0 Å². The predicted molar refractivity (Wildman–Crippen MR) is 147 cm³/mol. The molecule has 39 heavy (non-hydrogen) atoms. The summed E-state index contributed by atoms with van der Waals surface area (Å²) in [7, 11) is 0. The summed E-state index contributed by atoms with van der Waals surface area (Å²) in [6, 6.07) is 8.85. The number of carbonyl (C=O) groups is 1. The molecule has 0 aliphatic carbocycles. The zero-order chi connectivity index (χ0) is 28.0. The summed E-state index contributed by atoms with van der Waals surface area (Å²) in [6.07, 6.45) is 0.120. The van der Waals surface area contributed by atoms with Crippen molar-refractivity contribution in [2.45, 2.75) is 61.3 Å². The molecule has 0 radical (unpaired) electrons. The first-order valence-electron chi connectivity index (χ1n) is 12.8. The third-order valence-electron chi connectivity index (χ3n) is 6.45. The third kappa shape index (κ3) is 8.85. The Hall–Kier alpha value is -3.32. The quantitative estimate of drug-likeness (QED) is 0.245. The number of likely N-dealkylation sites (tertiary alicyclic amines) is 1. The number of piperidine rings is 1. The van der Waals surface area contributed by atoms with Gasteiger partial charge in [-0.15, -0.1) is 0 Å². The van der Waals surface area contributed by atoms with E-state index < -0.39 is 18.5 Å². The fourth-order valence-electron chi connectivity index (χ4n) is 4.73. The zero-order valence-electron chi connectivity index (χ0n) is 21.7. The van der Waals surface area contributed by atoms with Crippen LogP contribution in [0.2, 0.25) is 0 Å². The van der Waals surface area contributed by atoms with Crippen molar-refractivity contribution in [3.05, 3.63) is 42.1 Å². The molecule has 1 aromatic heterocycles. The Morgan fingerprint density at radius 3 is 2.41 bits per heavy atom. The van der Waals surface area contributed by atoms with E-state index in [0.717, 1.165) is 36.6 Å². The molecule has 1 amide bonds. The fraction of sp³-hybridized carbons (Fsp3) is 0.462. The number of halogens is 3. The highest BCUT2D eigenvalue weighted by Crippen LogP contribution is 2.31. The van der Waals surface area contributed by atoms with Gasteiger partial charge in [-0.3, -0.25) is 4.79 Å². The number of alkyl halides is 3. The number of nitrogens with one attached hydrogen (secondary N) is 1. The average molecular weight is 563 g/mol. The largest absolute Gasteiger partial charge is 0.402 e. The molecule has 0 atom stereocenters. The van der Waals surface area contributed by atoms with Gasteiger partial charge in [0.15, 0.2) is 11.0 Å². The molecule has 9 nitrogen and oxygen atoms in total. The van der Waals surface area contributed by atoms with Crippen LogP contribution in [0, 0.1) is 0 Å². The van der Waals surface area contributed by atoms with Crippen molar-refractivity contribution in [3.8, 4) is 0 Å². The lowest BCUT2D eigenvalue weighted by molar-refractivity contribution is -0.150. The highest BCUT2D eigenvalue weighted by molar-refractivity contribution is 7.99. The van der Waals surface area contributed by atoms with Crippen LogP contribution in [0.15, 0.2) is 57.1 Å². The Morgan fingerprint density at radius 1 is 1.13 bits per heavy atom. The van der Waals surface area contributed by atoms with Gasteiger partial charge in [0.25, 0.3) is 0 Å². The number of aromatic nitrogens is 2. The first-order chi connectivity index (χ1) is 18.5. The van der Waals surface area contributed by atoms with Gasteiger partial charge in [-0.05, 0) is 87.8 Å². The van der Waals surface area contributed by atoms with E-state index in [2.05, 4.69) is 25.1 Å². The molecule has 2 saturated heterocycles. The minimum atomic E-state index is -4.56. The van der Waals surface area contributed by atoms with Crippen LogP contribution in [0.25, 0.3) is 0 Å². The van der Waals surface area contributed by atoms with Crippen molar-refractivity contribution in [1.29, 1.82) is 0 Å². The molecular weight excluding hydrogens is 529 g/mol. The van der Waals surface area contributed by atoms with Crippen molar-refractivity contribution in [2.75, 3.05) is 36.4 Å². The fourth-order valence-corrected chi connectivity index (χ4v) is 5.49. The van der Waals surface area contributed by atoms with E-state index in [9.17, 15) is 18.0 Å². The van der Waals surface area contributed by atoms with E-state index in [1.807, 2.05) is 6.07 Å². The maximum atomic E-state index is 12.4.